The van der Waals surface area contributed by atoms with Gasteiger partial charge in [-0.25, -0.2) is 0 Å². The third kappa shape index (κ3) is 7.32. The molecule has 116 valence electrons. The third-order valence-electron chi connectivity index (χ3n) is 2.99. The Morgan fingerprint density at radius 1 is 1.19 bits per heavy atom. The zero-order chi connectivity index (χ0) is 15.7. The van der Waals surface area contributed by atoms with Crippen molar-refractivity contribution in [3.05, 3.63) is 29.8 Å². The van der Waals surface area contributed by atoms with Crippen molar-refractivity contribution < 1.29 is 9.59 Å². The molecule has 0 fully saturated rings. The highest BCUT2D eigenvalue weighted by molar-refractivity contribution is 8.00. The minimum absolute atomic E-state index is 0.0633. The number of ketones is 1. The Morgan fingerprint density at radius 2 is 1.86 bits per heavy atom. The molecule has 0 aliphatic heterocycles. The molecule has 1 rings (SSSR count). The first-order chi connectivity index (χ1) is 10.0. The molecule has 0 radical (unpaired) electrons. The summed E-state index contributed by atoms with van der Waals surface area (Å²) in [5, 5.41) is 2.89. The highest BCUT2D eigenvalue weighted by Gasteiger charge is 2.08. The summed E-state index contributed by atoms with van der Waals surface area (Å²) in [6, 6.07) is 7.53. The van der Waals surface area contributed by atoms with Crippen LogP contribution in [0.25, 0.3) is 0 Å². The molecule has 1 aromatic rings. The van der Waals surface area contributed by atoms with Crippen LogP contribution < -0.4 is 5.32 Å². The molecule has 0 unspecified atom stereocenters. The lowest BCUT2D eigenvalue weighted by atomic mass is 10.0. The number of hydrogen-bond donors (Lipinski definition) is 1. The minimum atomic E-state index is 0.0633. The summed E-state index contributed by atoms with van der Waals surface area (Å²) < 4.78 is 0. The van der Waals surface area contributed by atoms with Gasteiger partial charge in [0.05, 0.1) is 5.75 Å². The van der Waals surface area contributed by atoms with Gasteiger partial charge in [-0.15, -0.1) is 11.8 Å². The summed E-state index contributed by atoms with van der Waals surface area (Å²) in [6.07, 6.45) is 2.68. The van der Waals surface area contributed by atoms with E-state index in [1.807, 2.05) is 38.1 Å². The van der Waals surface area contributed by atoms with Crippen LogP contribution in [0.4, 0.5) is 0 Å². The third-order valence-corrected chi connectivity index (χ3v) is 4.00. The van der Waals surface area contributed by atoms with Gasteiger partial charge in [0, 0.05) is 23.4 Å². The predicted octanol–water partition coefficient (Wildman–Crippen LogP) is 3.92. The van der Waals surface area contributed by atoms with Crippen molar-refractivity contribution in [2.45, 2.75) is 44.9 Å². The molecular weight excluding hydrogens is 282 g/mol. The van der Waals surface area contributed by atoms with Gasteiger partial charge in [-0.3, -0.25) is 9.59 Å². The van der Waals surface area contributed by atoms with Crippen LogP contribution in [0.2, 0.25) is 0 Å². The first kappa shape index (κ1) is 17.8. The lowest BCUT2D eigenvalue weighted by Gasteiger charge is -2.06. The smallest absolute Gasteiger partial charge is 0.230 e. The molecule has 3 nitrogen and oxygen atoms in total. The number of benzene rings is 1. The van der Waals surface area contributed by atoms with Crippen LogP contribution in [0.3, 0.4) is 0 Å². The first-order valence-electron chi connectivity index (χ1n) is 7.55. The zero-order valence-electron chi connectivity index (χ0n) is 13.1. The Bertz CT molecular complexity index is 454. The van der Waals surface area contributed by atoms with Crippen LogP contribution in [0.15, 0.2) is 29.2 Å². The molecule has 0 saturated heterocycles. The van der Waals surface area contributed by atoms with Crippen LogP contribution in [0.5, 0.6) is 0 Å². The minimum Gasteiger partial charge on any atom is -0.355 e. The molecule has 1 N–H and O–H groups in total. The molecule has 0 heterocycles. The monoisotopic (exact) mass is 307 g/mol. The fourth-order valence-corrected chi connectivity index (χ4v) is 2.56. The van der Waals surface area contributed by atoms with Crippen molar-refractivity contribution in [3.63, 3.8) is 0 Å². The van der Waals surface area contributed by atoms with E-state index in [9.17, 15) is 9.59 Å². The SMILES string of the molecule is CCCCNC(=O)CSc1ccc(C(=O)CC(C)C)cc1. The number of unbranched alkanes of at least 4 members (excludes halogenated alkanes) is 1. The number of hydrogen-bond acceptors (Lipinski definition) is 3. The van der Waals surface area contributed by atoms with Gasteiger partial charge < -0.3 is 5.32 Å². The van der Waals surface area contributed by atoms with Crippen molar-refractivity contribution in [3.8, 4) is 0 Å². The number of carbonyl (C=O) groups is 2. The van der Waals surface area contributed by atoms with Crippen LogP contribution in [0, 0.1) is 5.92 Å². The zero-order valence-corrected chi connectivity index (χ0v) is 14.0. The van der Waals surface area contributed by atoms with Crippen LogP contribution in [-0.2, 0) is 4.79 Å². The maximum Gasteiger partial charge on any atom is 0.230 e. The predicted molar refractivity (Wildman–Crippen MR) is 88.9 cm³/mol. The molecule has 1 amide bonds. The van der Waals surface area contributed by atoms with E-state index in [1.54, 1.807) is 0 Å². The van der Waals surface area contributed by atoms with E-state index in [1.165, 1.54) is 11.8 Å². The molecule has 4 heteroatoms. The molecular formula is C17H25NO2S. The Kier molecular flexibility index (Phi) is 8.13. The highest BCUT2D eigenvalue weighted by Crippen LogP contribution is 2.19. The molecule has 21 heavy (non-hydrogen) atoms. The second-order valence-corrected chi connectivity index (χ2v) is 6.59. The van der Waals surface area contributed by atoms with E-state index in [0.29, 0.717) is 18.1 Å². The van der Waals surface area contributed by atoms with Crippen molar-refractivity contribution in [1.82, 2.24) is 5.32 Å². The number of Topliss-reactive ketones (excluding diaryl/α,β-unsaturated/α-hetero) is 1. The van der Waals surface area contributed by atoms with E-state index in [2.05, 4.69) is 12.2 Å². The Labute approximate surface area is 131 Å². The maximum atomic E-state index is 11.9. The van der Waals surface area contributed by atoms with Gasteiger partial charge in [-0.1, -0.05) is 39.3 Å². The molecule has 0 aliphatic carbocycles. The van der Waals surface area contributed by atoms with E-state index < -0.39 is 0 Å². The average molecular weight is 307 g/mol. The van der Waals surface area contributed by atoms with E-state index in [4.69, 9.17) is 0 Å². The Morgan fingerprint density at radius 3 is 2.43 bits per heavy atom. The van der Waals surface area contributed by atoms with Crippen LogP contribution in [-0.4, -0.2) is 24.0 Å². The number of amides is 1. The molecule has 0 atom stereocenters. The molecule has 0 saturated carbocycles. The average Bonchev–Trinajstić information content (AvgIpc) is 2.45. The van der Waals surface area contributed by atoms with Gasteiger partial charge in [-0.05, 0) is 24.5 Å². The van der Waals surface area contributed by atoms with Crippen molar-refractivity contribution in [2.75, 3.05) is 12.3 Å². The summed E-state index contributed by atoms with van der Waals surface area (Å²) in [5.74, 6) is 1.04. The van der Waals surface area contributed by atoms with Gasteiger partial charge in [-0.2, -0.15) is 0 Å². The van der Waals surface area contributed by atoms with E-state index >= 15 is 0 Å². The number of rotatable bonds is 9. The lowest BCUT2D eigenvalue weighted by Crippen LogP contribution is -2.25. The van der Waals surface area contributed by atoms with Crippen molar-refractivity contribution in [1.29, 1.82) is 0 Å². The maximum absolute atomic E-state index is 11.9. The van der Waals surface area contributed by atoms with Gasteiger partial charge in [0.25, 0.3) is 0 Å². The Hall–Kier alpha value is -1.29. The van der Waals surface area contributed by atoms with Gasteiger partial charge >= 0.3 is 0 Å². The quantitative estimate of drug-likeness (QED) is 0.427. The number of thioether (sulfide) groups is 1. The van der Waals surface area contributed by atoms with Crippen molar-refractivity contribution >= 4 is 23.5 Å². The van der Waals surface area contributed by atoms with E-state index in [-0.39, 0.29) is 11.7 Å². The molecule has 0 aromatic heterocycles. The normalized spacial score (nSPS) is 10.7. The summed E-state index contributed by atoms with van der Waals surface area (Å²) in [4.78, 5) is 24.5. The van der Waals surface area contributed by atoms with Crippen LogP contribution >= 0.6 is 11.8 Å². The summed E-state index contributed by atoms with van der Waals surface area (Å²) >= 11 is 1.50. The fourth-order valence-electron chi connectivity index (χ4n) is 1.83. The fraction of sp³-hybridized carbons (Fsp3) is 0.529. The largest absolute Gasteiger partial charge is 0.355 e. The van der Waals surface area contributed by atoms with Gasteiger partial charge in [0.1, 0.15) is 0 Å². The molecule has 0 spiro atoms. The van der Waals surface area contributed by atoms with Crippen LogP contribution in [0.1, 0.15) is 50.4 Å². The second kappa shape index (κ2) is 9.61. The highest BCUT2D eigenvalue weighted by atomic mass is 32.2. The molecule has 0 aliphatic rings. The first-order valence-corrected chi connectivity index (χ1v) is 8.54. The van der Waals surface area contributed by atoms with E-state index in [0.717, 1.165) is 29.8 Å². The molecule has 1 aromatic carbocycles. The van der Waals surface area contributed by atoms with Gasteiger partial charge in [0.15, 0.2) is 5.78 Å². The molecule has 0 bridgehead atoms. The van der Waals surface area contributed by atoms with Gasteiger partial charge in [0.2, 0.25) is 5.91 Å². The summed E-state index contributed by atoms with van der Waals surface area (Å²) in [6.45, 7) is 6.93. The Balaban J connectivity index is 2.40. The second-order valence-electron chi connectivity index (χ2n) is 5.54. The summed E-state index contributed by atoms with van der Waals surface area (Å²) in [5.41, 5.74) is 0.750. The topological polar surface area (TPSA) is 46.2 Å². The number of carbonyl (C=O) groups excluding carboxylic acids is 2. The standard InChI is InChI=1S/C17H25NO2S/c1-4-5-10-18-17(20)12-21-15-8-6-14(7-9-15)16(19)11-13(2)3/h6-9,13H,4-5,10-12H2,1-3H3,(H,18,20). The van der Waals surface area contributed by atoms with Crippen molar-refractivity contribution in [2.24, 2.45) is 5.92 Å². The summed E-state index contributed by atoms with van der Waals surface area (Å²) in [7, 11) is 0. The number of nitrogens with one attached hydrogen (secondary N) is 1. The lowest BCUT2D eigenvalue weighted by molar-refractivity contribution is -0.118.